The number of amides is 1. The first-order valence-electron chi connectivity index (χ1n) is 9.43. The lowest BCUT2D eigenvalue weighted by atomic mass is 9.89. The molecule has 2 aliphatic rings. The average molecular weight is 334 g/mol. The molecule has 3 nitrogen and oxygen atoms in total. The van der Waals surface area contributed by atoms with Gasteiger partial charge in [-0.2, -0.15) is 0 Å². The first-order chi connectivity index (χ1) is 12.3. The van der Waals surface area contributed by atoms with Gasteiger partial charge in [-0.15, -0.1) is 0 Å². The van der Waals surface area contributed by atoms with E-state index in [-0.39, 0.29) is 5.92 Å². The SMILES string of the molecule is O=C(C1CCN(Cc2ccccc2)CC1)N1CCC1c1ccccc1. The summed E-state index contributed by atoms with van der Waals surface area (Å²) in [6.45, 7) is 3.96. The van der Waals surface area contributed by atoms with Gasteiger partial charge in [0.15, 0.2) is 0 Å². The lowest BCUT2D eigenvalue weighted by molar-refractivity contribution is -0.145. The molecule has 2 aliphatic heterocycles. The monoisotopic (exact) mass is 334 g/mol. The van der Waals surface area contributed by atoms with Gasteiger partial charge in [-0.25, -0.2) is 0 Å². The Labute approximate surface area is 150 Å². The fourth-order valence-corrected chi connectivity index (χ4v) is 4.09. The molecule has 130 valence electrons. The van der Waals surface area contributed by atoms with Crippen LogP contribution < -0.4 is 0 Å². The van der Waals surface area contributed by atoms with E-state index >= 15 is 0 Å². The predicted molar refractivity (Wildman–Crippen MR) is 100.0 cm³/mol. The summed E-state index contributed by atoms with van der Waals surface area (Å²) in [6, 6.07) is 21.4. The number of nitrogens with zero attached hydrogens (tertiary/aromatic N) is 2. The maximum atomic E-state index is 12.9. The standard InChI is InChI=1S/C22H26N2O/c25-22(24-16-13-21(24)19-9-5-2-6-10-19)20-11-14-23(15-12-20)17-18-7-3-1-4-8-18/h1-10,20-21H,11-17H2. The van der Waals surface area contributed by atoms with Gasteiger partial charge in [-0.3, -0.25) is 9.69 Å². The van der Waals surface area contributed by atoms with Crippen LogP contribution in [0.1, 0.15) is 36.4 Å². The lowest BCUT2D eigenvalue weighted by Gasteiger charge is -2.44. The average Bonchev–Trinajstić information content (AvgIpc) is 2.63. The highest BCUT2D eigenvalue weighted by Crippen LogP contribution is 2.35. The Balaban J connectivity index is 1.31. The minimum absolute atomic E-state index is 0.207. The molecule has 1 unspecified atom stereocenters. The topological polar surface area (TPSA) is 23.6 Å². The maximum absolute atomic E-state index is 12.9. The van der Waals surface area contributed by atoms with Crippen molar-refractivity contribution in [2.24, 2.45) is 5.92 Å². The zero-order chi connectivity index (χ0) is 17.1. The first-order valence-corrected chi connectivity index (χ1v) is 9.43. The Morgan fingerprint density at radius 3 is 2.08 bits per heavy atom. The predicted octanol–water partition coefficient (Wildman–Crippen LogP) is 3.87. The van der Waals surface area contributed by atoms with Crippen LogP contribution in [0.4, 0.5) is 0 Å². The lowest BCUT2D eigenvalue weighted by Crippen LogP contribution is -2.49. The van der Waals surface area contributed by atoms with E-state index in [1.165, 1.54) is 11.1 Å². The van der Waals surface area contributed by atoms with Gasteiger partial charge in [-0.1, -0.05) is 60.7 Å². The van der Waals surface area contributed by atoms with Crippen molar-refractivity contribution >= 4 is 5.91 Å². The molecule has 2 heterocycles. The molecule has 0 aromatic heterocycles. The van der Waals surface area contributed by atoms with Crippen molar-refractivity contribution in [2.45, 2.75) is 31.8 Å². The quantitative estimate of drug-likeness (QED) is 0.847. The summed E-state index contributed by atoms with van der Waals surface area (Å²) in [7, 11) is 0. The number of piperidine rings is 1. The second-order valence-corrected chi connectivity index (χ2v) is 7.28. The van der Waals surface area contributed by atoms with Crippen LogP contribution in [-0.4, -0.2) is 35.3 Å². The van der Waals surface area contributed by atoms with E-state index in [1.54, 1.807) is 0 Å². The van der Waals surface area contributed by atoms with Crippen LogP contribution in [0.5, 0.6) is 0 Å². The van der Waals surface area contributed by atoms with Crippen molar-refractivity contribution in [1.29, 1.82) is 0 Å². The number of benzene rings is 2. The number of carbonyl (C=O) groups excluding carboxylic acids is 1. The molecule has 0 radical (unpaired) electrons. The minimum Gasteiger partial charge on any atom is -0.335 e. The third-order valence-corrected chi connectivity index (χ3v) is 5.67. The van der Waals surface area contributed by atoms with Crippen LogP contribution in [-0.2, 0) is 11.3 Å². The highest BCUT2D eigenvalue weighted by molar-refractivity contribution is 5.80. The molecule has 0 saturated carbocycles. The van der Waals surface area contributed by atoms with Crippen LogP contribution in [0, 0.1) is 5.92 Å². The van der Waals surface area contributed by atoms with E-state index in [0.29, 0.717) is 11.9 Å². The van der Waals surface area contributed by atoms with Crippen molar-refractivity contribution < 1.29 is 4.79 Å². The molecule has 4 rings (SSSR count). The highest BCUT2D eigenvalue weighted by atomic mass is 16.2. The summed E-state index contributed by atoms with van der Waals surface area (Å²) < 4.78 is 0. The van der Waals surface area contributed by atoms with Crippen molar-refractivity contribution in [3.8, 4) is 0 Å². The molecule has 0 spiro atoms. The summed E-state index contributed by atoms with van der Waals surface area (Å²) in [6.07, 6.45) is 3.08. The number of carbonyl (C=O) groups is 1. The number of hydrogen-bond acceptors (Lipinski definition) is 2. The maximum Gasteiger partial charge on any atom is 0.226 e. The summed E-state index contributed by atoms with van der Waals surface area (Å²) in [5.74, 6) is 0.581. The van der Waals surface area contributed by atoms with E-state index in [4.69, 9.17) is 0 Å². The summed E-state index contributed by atoms with van der Waals surface area (Å²) in [4.78, 5) is 17.5. The smallest absolute Gasteiger partial charge is 0.226 e. The van der Waals surface area contributed by atoms with Crippen LogP contribution in [0.2, 0.25) is 0 Å². The second-order valence-electron chi connectivity index (χ2n) is 7.28. The number of likely N-dealkylation sites (tertiary alicyclic amines) is 2. The zero-order valence-corrected chi connectivity index (χ0v) is 14.7. The van der Waals surface area contributed by atoms with Crippen LogP contribution >= 0.6 is 0 Å². The summed E-state index contributed by atoms with van der Waals surface area (Å²) in [5.41, 5.74) is 2.64. The highest BCUT2D eigenvalue weighted by Gasteiger charge is 2.37. The molecule has 2 fully saturated rings. The van der Waals surface area contributed by atoms with Gasteiger partial charge in [-0.05, 0) is 43.5 Å². The van der Waals surface area contributed by atoms with Gasteiger partial charge < -0.3 is 4.90 Å². The molecular weight excluding hydrogens is 308 g/mol. The van der Waals surface area contributed by atoms with Crippen molar-refractivity contribution in [3.63, 3.8) is 0 Å². The van der Waals surface area contributed by atoms with Crippen LogP contribution in [0.3, 0.4) is 0 Å². The Morgan fingerprint density at radius 1 is 0.840 bits per heavy atom. The molecular formula is C22H26N2O. The molecule has 2 aromatic carbocycles. The van der Waals surface area contributed by atoms with Gasteiger partial charge in [0.25, 0.3) is 0 Å². The first kappa shape index (κ1) is 16.3. The Kier molecular flexibility index (Phi) is 4.84. The zero-order valence-electron chi connectivity index (χ0n) is 14.7. The normalized spacial score (nSPS) is 21.8. The van der Waals surface area contributed by atoms with Gasteiger partial charge in [0.2, 0.25) is 5.91 Å². The van der Waals surface area contributed by atoms with Gasteiger partial charge in [0.1, 0.15) is 0 Å². The number of hydrogen-bond donors (Lipinski definition) is 0. The van der Waals surface area contributed by atoms with E-state index < -0.39 is 0 Å². The minimum atomic E-state index is 0.207. The third kappa shape index (κ3) is 3.62. The molecule has 1 atom stereocenters. The fraction of sp³-hybridized carbons (Fsp3) is 0.409. The van der Waals surface area contributed by atoms with Crippen molar-refractivity contribution in [3.05, 3.63) is 71.8 Å². The summed E-state index contributed by atoms with van der Waals surface area (Å²) in [5, 5.41) is 0. The fourth-order valence-electron chi connectivity index (χ4n) is 4.09. The molecule has 0 bridgehead atoms. The van der Waals surface area contributed by atoms with Crippen LogP contribution in [0.15, 0.2) is 60.7 Å². The second kappa shape index (κ2) is 7.40. The van der Waals surface area contributed by atoms with Crippen molar-refractivity contribution in [2.75, 3.05) is 19.6 Å². The summed E-state index contributed by atoms with van der Waals surface area (Å²) >= 11 is 0. The largest absolute Gasteiger partial charge is 0.335 e. The van der Waals surface area contributed by atoms with E-state index in [0.717, 1.165) is 45.4 Å². The van der Waals surface area contributed by atoms with E-state index in [1.807, 2.05) is 6.07 Å². The Hall–Kier alpha value is -2.13. The molecule has 2 saturated heterocycles. The van der Waals surface area contributed by atoms with Crippen molar-refractivity contribution in [1.82, 2.24) is 9.80 Å². The molecule has 1 amide bonds. The number of rotatable bonds is 4. The molecule has 0 aliphatic carbocycles. The third-order valence-electron chi connectivity index (χ3n) is 5.67. The Bertz CT molecular complexity index is 692. The van der Waals surface area contributed by atoms with Gasteiger partial charge >= 0.3 is 0 Å². The van der Waals surface area contributed by atoms with E-state index in [9.17, 15) is 4.79 Å². The van der Waals surface area contributed by atoms with Gasteiger partial charge in [0, 0.05) is 19.0 Å². The molecule has 25 heavy (non-hydrogen) atoms. The molecule has 3 heteroatoms. The van der Waals surface area contributed by atoms with Gasteiger partial charge in [0.05, 0.1) is 6.04 Å². The molecule has 0 N–H and O–H groups in total. The molecule has 2 aromatic rings. The Morgan fingerprint density at radius 2 is 1.48 bits per heavy atom. The van der Waals surface area contributed by atoms with Crippen LogP contribution in [0.25, 0.3) is 0 Å². The van der Waals surface area contributed by atoms with E-state index in [2.05, 4.69) is 64.4 Å².